The van der Waals surface area contributed by atoms with Crippen molar-refractivity contribution < 1.29 is 19.5 Å². The van der Waals surface area contributed by atoms with E-state index in [9.17, 15) is 14.4 Å². The van der Waals surface area contributed by atoms with E-state index in [1.165, 1.54) is 4.90 Å². The van der Waals surface area contributed by atoms with Crippen LogP contribution in [0, 0.1) is 0 Å². The summed E-state index contributed by atoms with van der Waals surface area (Å²) in [5.74, 6) is -0.334. The number of piperidine rings is 1. The van der Waals surface area contributed by atoms with Crippen molar-refractivity contribution in [3.05, 3.63) is 0 Å². The van der Waals surface area contributed by atoms with Gasteiger partial charge in [-0.3, -0.25) is 9.59 Å². The molecular weight excluding hydrogens is 262 g/mol. The molecule has 0 radical (unpaired) electrons. The van der Waals surface area contributed by atoms with Crippen LogP contribution in [0.5, 0.6) is 0 Å². The largest absolute Gasteiger partial charge is 0.465 e. The van der Waals surface area contributed by atoms with Gasteiger partial charge in [-0.05, 0) is 32.6 Å². The van der Waals surface area contributed by atoms with Gasteiger partial charge in [0.2, 0.25) is 11.8 Å². The lowest BCUT2D eigenvalue weighted by Crippen LogP contribution is -2.51. The summed E-state index contributed by atoms with van der Waals surface area (Å²) in [7, 11) is 0. The van der Waals surface area contributed by atoms with Gasteiger partial charge >= 0.3 is 6.09 Å². The summed E-state index contributed by atoms with van der Waals surface area (Å²) in [6.45, 7) is 3.65. The minimum absolute atomic E-state index is 0.0333. The highest BCUT2D eigenvalue weighted by atomic mass is 16.4. The minimum atomic E-state index is -1.21. The normalized spacial score (nSPS) is 24.6. The Hall–Kier alpha value is -1.79. The van der Waals surface area contributed by atoms with Crippen molar-refractivity contribution in [1.82, 2.24) is 15.1 Å². The molecule has 0 aromatic rings. The Morgan fingerprint density at radius 1 is 1.25 bits per heavy atom. The predicted molar refractivity (Wildman–Crippen MR) is 71.2 cm³/mol. The molecule has 0 aromatic heterocycles. The number of hydrogen-bond donors (Lipinski definition) is 2. The number of amides is 3. The molecule has 2 saturated heterocycles. The maximum atomic E-state index is 12.4. The number of rotatable bonds is 3. The van der Waals surface area contributed by atoms with Crippen LogP contribution in [0.3, 0.4) is 0 Å². The van der Waals surface area contributed by atoms with Crippen LogP contribution < -0.4 is 5.32 Å². The minimum Gasteiger partial charge on any atom is -0.465 e. The lowest BCUT2D eigenvalue weighted by molar-refractivity contribution is -0.143. The van der Waals surface area contributed by atoms with Crippen LogP contribution in [-0.2, 0) is 9.59 Å². The Labute approximate surface area is 117 Å². The first-order chi connectivity index (χ1) is 9.50. The monoisotopic (exact) mass is 283 g/mol. The molecule has 2 rings (SSSR count). The zero-order valence-corrected chi connectivity index (χ0v) is 11.7. The second kappa shape index (κ2) is 6.11. The average Bonchev–Trinajstić information content (AvgIpc) is 2.79. The van der Waals surface area contributed by atoms with Crippen molar-refractivity contribution in [1.29, 1.82) is 0 Å². The number of carbonyl (C=O) groups is 3. The third kappa shape index (κ3) is 3.02. The Balaban J connectivity index is 1.95. The van der Waals surface area contributed by atoms with Crippen molar-refractivity contribution in [2.75, 3.05) is 19.6 Å². The van der Waals surface area contributed by atoms with Gasteiger partial charge in [-0.25, -0.2) is 4.79 Å². The summed E-state index contributed by atoms with van der Waals surface area (Å²) in [5, 5.41) is 10.9. The van der Waals surface area contributed by atoms with Gasteiger partial charge in [0.15, 0.2) is 0 Å². The fraction of sp³-hybridized carbons (Fsp3) is 0.769. The molecule has 0 bridgehead atoms. The fourth-order valence-electron chi connectivity index (χ4n) is 2.88. The molecule has 2 heterocycles. The third-order valence-electron chi connectivity index (χ3n) is 4.03. The Bertz CT molecular complexity index is 406. The molecule has 0 aromatic carbocycles. The SMILES string of the molecule is C[C@H](C(=O)N1CCCCC1)N1CC[C@H](NC(=O)O)C1=O. The second-order valence-corrected chi connectivity index (χ2v) is 5.38. The van der Waals surface area contributed by atoms with Crippen molar-refractivity contribution >= 4 is 17.9 Å². The van der Waals surface area contributed by atoms with Gasteiger partial charge in [0.1, 0.15) is 12.1 Å². The van der Waals surface area contributed by atoms with Gasteiger partial charge in [-0.1, -0.05) is 0 Å². The molecule has 2 atom stereocenters. The maximum absolute atomic E-state index is 12.4. The lowest BCUT2D eigenvalue weighted by Gasteiger charge is -2.32. The first-order valence-corrected chi connectivity index (χ1v) is 7.09. The predicted octanol–water partition coefficient (Wildman–Crippen LogP) is 0.256. The van der Waals surface area contributed by atoms with Gasteiger partial charge < -0.3 is 20.2 Å². The first kappa shape index (κ1) is 14.6. The van der Waals surface area contributed by atoms with Gasteiger partial charge in [0, 0.05) is 19.6 Å². The van der Waals surface area contributed by atoms with Crippen molar-refractivity contribution in [2.45, 2.75) is 44.7 Å². The number of carbonyl (C=O) groups excluding carboxylic acids is 2. The van der Waals surface area contributed by atoms with Crippen LogP contribution in [0.15, 0.2) is 0 Å². The van der Waals surface area contributed by atoms with Crippen LogP contribution in [0.2, 0.25) is 0 Å². The van der Waals surface area contributed by atoms with E-state index < -0.39 is 18.2 Å². The highest BCUT2D eigenvalue weighted by Gasteiger charge is 2.38. The molecule has 0 spiro atoms. The van der Waals surface area contributed by atoms with Crippen molar-refractivity contribution in [3.8, 4) is 0 Å². The Morgan fingerprint density at radius 3 is 2.50 bits per heavy atom. The van der Waals surface area contributed by atoms with E-state index in [0.29, 0.717) is 13.0 Å². The molecule has 2 fully saturated rings. The van der Waals surface area contributed by atoms with Gasteiger partial charge in [-0.15, -0.1) is 0 Å². The number of nitrogens with zero attached hydrogens (tertiary/aromatic N) is 2. The summed E-state index contributed by atoms with van der Waals surface area (Å²) in [6, 6.07) is -1.23. The summed E-state index contributed by atoms with van der Waals surface area (Å²) >= 11 is 0. The summed E-state index contributed by atoms with van der Waals surface area (Å²) in [4.78, 5) is 38.3. The molecule has 2 aliphatic heterocycles. The van der Waals surface area contributed by atoms with Crippen LogP contribution in [0.1, 0.15) is 32.6 Å². The smallest absolute Gasteiger partial charge is 0.405 e. The molecule has 0 saturated carbocycles. The van der Waals surface area contributed by atoms with Gasteiger partial charge in [-0.2, -0.15) is 0 Å². The average molecular weight is 283 g/mol. The van der Waals surface area contributed by atoms with Crippen molar-refractivity contribution in [2.24, 2.45) is 0 Å². The highest BCUT2D eigenvalue weighted by molar-refractivity contribution is 5.92. The second-order valence-electron chi connectivity index (χ2n) is 5.38. The van der Waals surface area contributed by atoms with E-state index in [-0.39, 0.29) is 11.8 Å². The molecule has 112 valence electrons. The maximum Gasteiger partial charge on any atom is 0.405 e. The molecular formula is C13H21N3O4. The quantitative estimate of drug-likeness (QED) is 0.777. The van der Waals surface area contributed by atoms with E-state index in [1.807, 2.05) is 0 Å². The zero-order valence-electron chi connectivity index (χ0n) is 11.7. The highest BCUT2D eigenvalue weighted by Crippen LogP contribution is 2.18. The van der Waals surface area contributed by atoms with Gasteiger partial charge in [0.25, 0.3) is 0 Å². The van der Waals surface area contributed by atoms with Crippen LogP contribution in [-0.4, -0.2) is 64.5 Å². The first-order valence-electron chi connectivity index (χ1n) is 7.09. The molecule has 2 N–H and O–H groups in total. The summed E-state index contributed by atoms with van der Waals surface area (Å²) in [6.07, 6.45) is 2.37. The third-order valence-corrected chi connectivity index (χ3v) is 4.03. The molecule has 7 nitrogen and oxygen atoms in total. The zero-order chi connectivity index (χ0) is 14.7. The lowest BCUT2D eigenvalue weighted by atomic mass is 10.1. The molecule has 0 aliphatic carbocycles. The standard InChI is InChI=1S/C13H21N3O4/c1-9(11(17)15-6-3-2-4-7-15)16-8-5-10(12(16)18)14-13(19)20/h9-10,14H,2-8H2,1H3,(H,19,20)/t9-,10+/m1/s1. The van der Waals surface area contributed by atoms with E-state index in [2.05, 4.69) is 5.32 Å². The molecule has 20 heavy (non-hydrogen) atoms. The summed E-state index contributed by atoms with van der Waals surface area (Å²) in [5.41, 5.74) is 0. The van der Waals surface area contributed by atoms with Crippen LogP contribution in [0.25, 0.3) is 0 Å². The number of carboxylic acid groups (broad SMARTS) is 1. The topological polar surface area (TPSA) is 90.0 Å². The molecule has 7 heteroatoms. The molecule has 0 unspecified atom stereocenters. The fourth-order valence-corrected chi connectivity index (χ4v) is 2.88. The Kier molecular flexibility index (Phi) is 4.46. The number of nitrogens with one attached hydrogen (secondary N) is 1. The van der Waals surface area contributed by atoms with E-state index in [4.69, 9.17) is 5.11 Å². The van der Waals surface area contributed by atoms with E-state index in [1.54, 1.807) is 11.8 Å². The van der Waals surface area contributed by atoms with Gasteiger partial charge in [0.05, 0.1) is 0 Å². The van der Waals surface area contributed by atoms with Crippen molar-refractivity contribution in [3.63, 3.8) is 0 Å². The molecule has 2 aliphatic rings. The van der Waals surface area contributed by atoms with E-state index >= 15 is 0 Å². The van der Waals surface area contributed by atoms with Crippen LogP contribution in [0.4, 0.5) is 4.79 Å². The summed E-state index contributed by atoms with van der Waals surface area (Å²) < 4.78 is 0. The van der Waals surface area contributed by atoms with E-state index in [0.717, 1.165) is 32.4 Å². The Morgan fingerprint density at radius 2 is 1.90 bits per heavy atom. The van der Waals surface area contributed by atoms with Crippen LogP contribution >= 0.6 is 0 Å². The number of hydrogen-bond acceptors (Lipinski definition) is 3. The molecule has 3 amide bonds. The number of likely N-dealkylation sites (tertiary alicyclic amines) is 2.